The molecule has 0 unspecified atom stereocenters. The predicted molar refractivity (Wildman–Crippen MR) is 123 cm³/mol. The van der Waals surface area contributed by atoms with Gasteiger partial charge >= 0.3 is 17.9 Å². The lowest BCUT2D eigenvalue weighted by molar-refractivity contribution is -0.146. The number of aryl methyl sites for hydroxylation is 1. The van der Waals surface area contributed by atoms with Crippen molar-refractivity contribution in [2.45, 2.75) is 71.5 Å². The number of aromatic nitrogens is 1. The van der Waals surface area contributed by atoms with Crippen molar-refractivity contribution in [3.8, 4) is 5.75 Å². The van der Waals surface area contributed by atoms with E-state index in [1.807, 2.05) is 0 Å². The van der Waals surface area contributed by atoms with Gasteiger partial charge in [0.1, 0.15) is 13.2 Å². The molecule has 0 aliphatic heterocycles. The number of nitrogens with zero attached hydrogens (tertiary/aromatic N) is 7. The van der Waals surface area contributed by atoms with E-state index in [1.54, 1.807) is 6.92 Å². The van der Waals surface area contributed by atoms with Crippen LogP contribution in [0.4, 0.5) is 0 Å². The highest BCUT2D eigenvalue weighted by atomic mass is 16.5. The molecule has 0 saturated heterocycles. The predicted octanol–water partition coefficient (Wildman–Crippen LogP) is 4.75. The average molecular weight is 488 g/mol. The third kappa shape index (κ3) is 9.52. The first-order valence-corrected chi connectivity index (χ1v) is 11.5. The standard InChI is InChI=1S/C22H29N7O6/c1-15-21(35-22(32)16-6-4-2-3-5-7-16)18(14-34-20(31)9-11-27-29-24)17(12-25-15)13-33-19(30)8-10-26-28-23/h12,16H,2-11,13-14H2,1H3. The zero-order valence-corrected chi connectivity index (χ0v) is 19.7. The molecule has 1 aliphatic rings. The molecule has 0 bridgehead atoms. The molecule has 2 rings (SSSR count). The van der Waals surface area contributed by atoms with Crippen LogP contribution in [0.2, 0.25) is 0 Å². The van der Waals surface area contributed by atoms with Crippen molar-refractivity contribution < 1.29 is 28.6 Å². The molecule has 1 fully saturated rings. The van der Waals surface area contributed by atoms with Gasteiger partial charge in [-0.1, -0.05) is 35.9 Å². The molecule has 35 heavy (non-hydrogen) atoms. The Morgan fingerprint density at radius 3 is 2.11 bits per heavy atom. The van der Waals surface area contributed by atoms with Gasteiger partial charge in [0.05, 0.1) is 24.5 Å². The summed E-state index contributed by atoms with van der Waals surface area (Å²) in [6.45, 7) is 1.11. The van der Waals surface area contributed by atoms with Crippen LogP contribution in [-0.2, 0) is 37.1 Å². The number of carbonyl (C=O) groups is 3. The summed E-state index contributed by atoms with van der Waals surface area (Å²) < 4.78 is 16.3. The number of azide groups is 2. The fourth-order valence-electron chi connectivity index (χ4n) is 3.62. The van der Waals surface area contributed by atoms with Crippen LogP contribution in [0.3, 0.4) is 0 Å². The van der Waals surface area contributed by atoms with Crippen LogP contribution in [0.15, 0.2) is 16.4 Å². The minimum absolute atomic E-state index is 0.0403. The average Bonchev–Trinajstić information content (AvgIpc) is 3.13. The Kier molecular flexibility index (Phi) is 11.9. The van der Waals surface area contributed by atoms with Crippen molar-refractivity contribution in [1.29, 1.82) is 0 Å². The molecule has 0 amide bonds. The van der Waals surface area contributed by atoms with Crippen molar-refractivity contribution >= 4 is 17.9 Å². The Labute approximate surface area is 202 Å². The summed E-state index contributed by atoms with van der Waals surface area (Å²) in [5, 5.41) is 6.60. The van der Waals surface area contributed by atoms with Crippen molar-refractivity contribution in [2.24, 2.45) is 16.1 Å². The third-order valence-corrected chi connectivity index (χ3v) is 5.52. The van der Waals surface area contributed by atoms with Gasteiger partial charge in [0.25, 0.3) is 0 Å². The number of rotatable bonds is 12. The van der Waals surface area contributed by atoms with Crippen LogP contribution in [0.25, 0.3) is 20.9 Å². The SMILES string of the molecule is Cc1ncc(COC(=O)CCN=[N+]=[N-])c(COC(=O)CCN=[N+]=[N-])c1OC(=O)C1CCCCCC1. The van der Waals surface area contributed by atoms with Crippen molar-refractivity contribution in [1.82, 2.24) is 4.98 Å². The van der Waals surface area contributed by atoms with Gasteiger partial charge in [0, 0.05) is 40.2 Å². The van der Waals surface area contributed by atoms with Gasteiger partial charge < -0.3 is 14.2 Å². The molecule has 0 radical (unpaired) electrons. The molecule has 0 spiro atoms. The van der Waals surface area contributed by atoms with E-state index in [0.29, 0.717) is 16.8 Å². The molecular weight excluding hydrogens is 458 g/mol. The first-order valence-electron chi connectivity index (χ1n) is 11.5. The summed E-state index contributed by atoms with van der Waals surface area (Å²) in [6, 6.07) is 0. The molecule has 0 aromatic carbocycles. The van der Waals surface area contributed by atoms with Gasteiger partial charge in [-0.15, -0.1) is 0 Å². The number of ether oxygens (including phenoxy) is 3. The van der Waals surface area contributed by atoms with E-state index in [1.165, 1.54) is 6.20 Å². The maximum atomic E-state index is 12.9. The van der Waals surface area contributed by atoms with Gasteiger partial charge in [-0.25, -0.2) is 0 Å². The second-order valence-electron chi connectivity index (χ2n) is 8.02. The molecule has 0 atom stereocenters. The topological polar surface area (TPSA) is 189 Å². The third-order valence-electron chi connectivity index (χ3n) is 5.52. The molecule has 1 heterocycles. The van der Waals surface area contributed by atoms with Crippen LogP contribution in [-0.4, -0.2) is 36.0 Å². The highest BCUT2D eigenvalue weighted by Crippen LogP contribution is 2.30. The number of carbonyl (C=O) groups excluding carboxylic acids is 3. The van der Waals surface area contributed by atoms with Crippen LogP contribution in [0.1, 0.15) is 68.2 Å². The van der Waals surface area contributed by atoms with E-state index < -0.39 is 11.9 Å². The first kappa shape index (κ1) is 27.4. The number of hydrogen-bond donors (Lipinski definition) is 0. The fraction of sp³-hybridized carbons (Fsp3) is 0.636. The van der Waals surface area contributed by atoms with Crippen molar-refractivity contribution in [2.75, 3.05) is 13.1 Å². The van der Waals surface area contributed by atoms with Crippen LogP contribution < -0.4 is 4.74 Å². The van der Waals surface area contributed by atoms with Gasteiger partial charge in [0.15, 0.2) is 5.75 Å². The fourth-order valence-corrected chi connectivity index (χ4v) is 3.62. The lowest BCUT2D eigenvalue weighted by Crippen LogP contribution is -2.22. The first-order chi connectivity index (χ1) is 17.0. The second-order valence-corrected chi connectivity index (χ2v) is 8.02. The van der Waals surface area contributed by atoms with E-state index >= 15 is 0 Å². The molecule has 13 heteroatoms. The smallest absolute Gasteiger partial charge is 0.314 e. The second kappa shape index (κ2) is 15.2. The van der Waals surface area contributed by atoms with Crippen molar-refractivity contribution in [3.05, 3.63) is 43.9 Å². The zero-order valence-electron chi connectivity index (χ0n) is 19.7. The summed E-state index contributed by atoms with van der Waals surface area (Å²) in [5.74, 6) is -1.61. The number of hydrogen-bond acceptors (Lipinski definition) is 9. The highest BCUT2D eigenvalue weighted by molar-refractivity contribution is 5.76. The van der Waals surface area contributed by atoms with Crippen LogP contribution in [0.5, 0.6) is 5.75 Å². The summed E-state index contributed by atoms with van der Waals surface area (Å²) in [7, 11) is 0. The number of pyridine rings is 1. The molecule has 1 saturated carbocycles. The molecular formula is C22H29N7O6. The summed E-state index contributed by atoms with van der Waals surface area (Å²) >= 11 is 0. The molecule has 188 valence electrons. The van der Waals surface area contributed by atoms with Crippen LogP contribution >= 0.6 is 0 Å². The quantitative estimate of drug-likeness (QED) is 0.133. The molecule has 13 nitrogen and oxygen atoms in total. The normalized spacial score (nSPS) is 13.5. The Bertz CT molecular complexity index is 994. The monoisotopic (exact) mass is 487 g/mol. The molecule has 1 aromatic rings. The van der Waals surface area contributed by atoms with Gasteiger partial charge in [-0.2, -0.15) is 0 Å². The van der Waals surface area contributed by atoms with E-state index in [0.717, 1.165) is 38.5 Å². The highest BCUT2D eigenvalue weighted by Gasteiger charge is 2.25. The number of esters is 3. The van der Waals surface area contributed by atoms with Crippen molar-refractivity contribution in [3.63, 3.8) is 0 Å². The Morgan fingerprint density at radius 2 is 1.54 bits per heavy atom. The maximum absolute atomic E-state index is 12.9. The Balaban J connectivity index is 2.22. The summed E-state index contributed by atoms with van der Waals surface area (Å²) in [5.41, 5.74) is 17.9. The van der Waals surface area contributed by atoms with Gasteiger partial charge in [0.2, 0.25) is 0 Å². The molecule has 0 N–H and O–H groups in total. The van der Waals surface area contributed by atoms with E-state index in [-0.39, 0.29) is 56.8 Å². The van der Waals surface area contributed by atoms with E-state index in [4.69, 9.17) is 25.3 Å². The summed E-state index contributed by atoms with van der Waals surface area (Å²) in [4.78, 5) is 46.4. The minimum Gasteiger partial charge on any atom is -0.461 e. The maximum Gasteiger partial charge on any atom is 0.314 e. The van der Waals surface area contributed by atoms with Crippen LogP contribution in [0, 0.1) is 12.8 Å². The largest absolute Gasteiger partial charge is 0.461 e. The Morgan fingerprint density at radius 1 is 0.971 bits per heavy atom. The lowest BCUT2D eigenvalue weighted by atomic mass is 10.0. The molecule has 1 aliphatic carbocycles. The van der Waals surface area contributed by atoms with E-state index in [2.05, 4.69) is 25.0 Å². The zero-order chi connectivity index (χ0) is 25.5. The van der Waals surface area contributed by atoms with Gasteiger partial charge in [-0.05, 0) is 30.8 Å². The van der Waals surface area contributed by atoms with E-state index in [9.17, 15) is 14.4 Å². The Hall–Kier alpha value is -3.82. The van der Waals surface area contributed by atoms with Gasteiger partial charge in [-0.3, -0.25) is 19.4 Å². The summed E-state index contributed by atoms with van der Waals surface area (Å²) in [6.07, 6.45) is 6.82. The minimum atomic E-state index is -0.606. The lowest BCUT2D eigenvalue weighted by Gasteiger charge is -2.19. The molecule has 1 aromatic heterocycles.